The van der Waals surface area contributed by atoms with Crippen LogP contribution in [0.2, 0.25) is 0 Å². The lowest BCUT2D eigenvalue weighted by molar-refractivity contribution is 0.0527. The summed E-state index contributed by atoms with van der Waals surface area (Å²) in [6.45, 7) is 5.61. The molecular weight excluding hydrogens is 334 g/mol. The molecule has 2 rings (SSSR count). The van der Waals surface area contributed by atoms with Crippen molar-refractivity contribution in [2.45, 2.75) is 26.8 Å². The summed E-state index contributed by atoms with van der Waals surface area (Å²) < 4.78 is 4.98. The number of carbonyl (C=O) groups is 3. The third-order valence-electron chi connectivity index (χ3n) is 3.30. The first-order chi connectivity index (χ1) is 12.4. The van der Waals surface area contributed by atoms with Crippen LogP contribution in [0.3, 0.4) is 0 Å². The molecule has 26 heavy (non-hydrogen) atoms. The normalized spacial score (nSPS) is 10.3. The van der Waals surface area contributed by atoms with Gasteiger partial charge in [-0.25, -0.2) is 9.78 Å². The van der Waals surface area contributed by atoms with Gasteiger partial charge in [-0.2, -0.15) is 0 Å². The minimum atomic E-state index is -0.527. The zero-order valence-electron chi connectivity index (χ0n) is 14.9. The van der Waals surface area contributed by atoms with Crippen molar-refractivity contribution in [2.24, 2.45) is 0 Å². The number of pyridine rings is 1. The number of amides is 2. The van der Waals surface area contributed by atoms with Crippen molar-refractivity contribution in [3.63, 3.8) is 0 Å². The molecule has 0 saturated heterocycles. The number of nitrogens with zero attached hydrogens (tertiary/aromatic N) is 1. The molecule has 1 heterocycles. The van der Waals surface area contributed by atoms with Crippen molar-refractivity contribution in [1.29, 1.82) is 0 Å². The minimum absolute atomic E-state index is 0.0433. The Bertz CT molecular complexity index is 818. The van der Waals surface area contributed by atoms with Crippen LogP contribution in [-0.2, 0) is 4.74 Å². The van der Waals surface area contributed by atoms with E-state index >= 15 is 0 Å². The van der Waals surface area contributed by atoms with Gasteiger partial charge in [0.1, 0.15) is 11.4 Å². The Hall–Kier alpha value is -3.22. The van der Waals surface area contributed by atoms with E-state index < -0.39 is 11.9 Å². The molecule has 0 aliphatic rings. The number of esters is 1. The Kier molecular flexibility index (Phi) is 6.43. The van der Waals surface area contributed by atoms with Gasteiger partial charge < -0.3 is 15.4 Å². The summed E-state index contributed by atoms with van der Waals surface area (Å²) in [5.41, 5.74) is 0.774. The molecular formula is C19H21N3O4. The average molecular weight is 355 g/mol. The van der Waals surface area contributed by atoms with E-state index in [4.69, 9.17) is 4.74 Å². The smallest absolute Gasteiger partial charge is 0.340 e. The van der Waals surface area contributed by atoms with Gasteiger partial charge in [0.15, 0.2) is 0 Å². The molecule has 7 nitrogen and oxygen atoms in total. The van der Waals surface area contributed by atoms with E-state index in [2.05, 4.69) is 15.6 Å². The predicted molar refractivity (Wildman–Crippen MR) is 97.2 cm³/mol. The Morgan fingerprint density at radius 2 is 1.65 bits per heavy atom. The second-order valence-corrected chi connectivity index (χ2v) is 5.76. The molecule has 2 aromatic rings. The fourth-order valence-corrected chi connectivity index (χ4v) is 2.19. The van der Waals surface area contributed by atoms with Gasteiger partial charge in [-0.05, 0) is 45.0 Å². The van der Waals surface area contributed by atoms with Crippen LogP contribution in [0.1, 0.15) is 52.1 Å². The Labute approximate surface area is 151 Å². The SMILES string of the molecule is CCOC(=O)c1ccccc1NC(=O)c1cccc(C(=O)NC(C)C)n1. The van der Waals surface area contributed by atoms with Crippen molar-refractivity contribution in [3.8, 4) is 0 Å². The van der Waals surface area contributed by atoms with E-state index in [1.165, 1.54) is 12.1 Å². The van der Waals surface area contributed by atoms with E-state index in [0.717, 1.165) is 0 Å². The fraction of sp³-hybridized carbons (Fsp3) is 0.263. The molecule has 7 heteroatoms. The molecule has 0 atom stereocenters. The second kappa shape index (κ2) is 8.75. The third-order valence-corrected chi connectivity index (χ3v) is 3.30. The van der Waals surface area contributed by atoms with Gasteiger partial charge in [-0.1, -0.05) is 18.2 Å². The van der Waals surface area contributed by atoms with Gasteiger partial charge in [-0.3, -0.25) is 9.59 Å². The number of anilines is 1. The average Bonchev–Trinajstić information content (AvgIpc) is 2.62. The highest BCUT2D eigenvalue weighted by atomic mass is 16.5. The van der Waals surface area contributed by atoms with Crippen LogP contribution < -0.4 is 10.6 Å². The number of ether oxygens (including phenoxy) is 1. The summed E-state index contributed by atoms with van der Waals surface area (Å²) in [7, 11) is 0. The predicted octanol–water partition coefficient (Wildman–Crippen LogP) is 2.65. The molecule has 0 saturated carbocycles. The van der Waals surface area contributed by atoms with E-state index in [0.29, 0.717) is 5.69 Å². The van der Waals surface area contributed by atoms with Crippen LogP contribution in [0.5, 0.6) is 0 Å². The zero-order valence-corrected chi connectivity index (χ0v) is 14.9. The molecule has 2 N–H and O–H groups in total. The van der Waals surface area contributed by atoms with Crippen molar-refractivity contribution >= 4 is 23.5 Å². The Morgan fingerprint density at radius 1 is 1.00 bits per heavy atom. The Balaban J connectivity index is 2.21. The van der Waals surface area contributed by atoms with Gasteiger partial charge in [-0.15, -0.1) is 0 Å². The zero-order chi connectivity index (χ0) is 19.1. The molecule has 136 valence electrons. The number of rotatable bonds is 6. The highest BCUT2D eigenvalue weighted by molar-refractivity contribution is 6.07. The van der Waals surface area contributed by atoms with Crippen LogP contribution in [0.15, 0.2) is 42.5 Å². The van der Waals surface area contributed by atoms with Crippen molar-refractivity contribution in [1.82, 2.24) is 10.3 Å². The van der Waals surface area contributed by atoms with Crippen LogP contribution in [-0.4, -0.2) is 35.4 Å². The molecule has 0 aliphatic carbocycles. The van der Waals surface area contributed by atoms with Gasteiger partial charge >= 0.3 is 5.97 Å². The number of hydrogen-bond donors (Lipinski definition) is 2. The number of hydrogen-bond acceptors (Lipinski definition) is 5. The lowest BCUT2D eigenvalue weighted by atomic mass is 10.1. The van der Waals surface area contributed by atoms with Crippen LogP contribution in [0.25, 0.3) is 0 Å². The van der Waals surface area contributed by atoms with Gasteiger partial charge in [0.05, 0.1) is 17.9 Å². The quantitative estimate of drug-likeness (QED) is 0.777. The molecule has 0 unspecified atom stereocenters. The summed E-state index contributed by atoms with van der Waals surface area (Å²) in [5, 5.41) is 5.36. The van der Waals surface area contributed by atoms with Gasteiger partial charge in [0.25, 0.3) is 11.8 Å². The van der Waals surface area contributed by atoms with E-state index in [1.807, 2.05) is 13.8 Å². The minimum Gasteiger partial charge on any atom is -0.462 e. The maximum atomic E-state index is 12.5. The first-order valence-corrected chi connectivity index (χ1v) is 8.27. The molecule has 1 aromatic heterocycles. The summed E-state index contributed by atoms with van der Waals surface area (Å²) in [4.78, 5) is 40.6. The second-order valence-electron chi connectivity index (χ2n) is 5.76. The highest BCUT2D eigenvalue weighted by Crippen LogP contribution is 2.17. The molecule has 1 aromatic carbocycles. The maximum Gasteiger partial charge on any atom is 0.340 e. The fourth-order valence-electron chi connectivity index (χ4n) is 2.19. The summed E-state index contributed by atoms with van der Waals surface area (Å²) >= 11 is 0. The van der Waals surface area contributed by atoms with E-state index in [9.17, 15) is 14.4 Å². The number of aromatic nitrogens is 1. The van der Waals surface area contributed by atoms with Gasteiger partial charge in [0.2, 0.25) is 0 Å². The van der Waals surface area contributed by atoms with Crippen molar-refractivity contribution < 1.29 is 19.1 Å². The third kappa shape index (κ3) is 4.89. The summed E-state index contributed by atoms with van der Waals surface area (Å²) in [5.74, 6) is -1.41. The first-order valence-electron chi connectivity index (χ1n) is 8.27. The number of benzene rings is 1. The van der Waals surface area contributed by atoms with Crippen LogP contribution in [0, 0.1) is 0 Å². The first kappa shape index (κ1) is 19.1. The maximum absolute atomic E-state index is 12.5. The largest absolute Gasteiger partial charge is 0.462 e. The summed E-state index contributed by atoms with van der Waals surface area (Å²) in [6, 6.07) is 11.1. The monoisotopic (exact) mass is 355 g/mol. The number of nitrogens with one attached hydrogen (secondary N) is 2. The molecule has 0 bridgehead atoms. The van der Waals surface area contributed by atoms with Crippen LogP contribution >= 0.6 is 0 Å². The standard InChI is InChI=1S/C19H21N3O4/c1-4-26-19(25)13-8-5-6-9-14(13)22-18(24)16-11-7-10-15(21-16)17(23)20-12(2)3/h5-12H,4H2,1-3H3,(H,20,23)(H,22,24). The molecule has 0 spiro atoms. The van der Waals surface area contributed by atoms with Gasteiger partial charge in [0, 0.05) is 6.04 Å². The van der Waals surface area contributed by atoms with Crippen molar-refractivity contribution in [2.75, 3.05) is 11.9 Å². The lowest BCUT2D eigenvalue weighted by Gasteiger charge is -2.11. The topological polar surface area (TPSA) is 97.4 Å². The molecule has 0 fully saturated rings. The number of carbonyl (C=O) groups excluding carboxylic acids is 3. The van der Waals surface area contributed by atoms with Crippen LogP contribution in [0.4, 0.5) is 5.69 Å². The van der Waals surface area contributed by atoms with E-state index in [1.54, 1.807) is 37.3 Å². The molecule has 0 radical (unpaired) electrons. The summed E-state index contributed by atoms with van der Waals surface area (Å²) in [6.07, 6.45) is 0. The number of para-hydroxylation sites is 1. The highest BCUT2D eigenvalue weighted by Gasteiger charge is 2.17. The molecule has 2 amide bonds. The van der Waals surface area contributed by atoms with E-state index in [-0.39, 0.29) is 35.5 Å². The molecule has 0 aliphatic heterocycles. The lowest BCUT2D eigenvalue weighted by Crippen LogP contribution is -2.31. The van der Waals surface area contributed by atoms with Crippen molar-refractivity contribution in [3.05, 3.63) is 59.4 Å². The Morgan fingerprint density at radius 3 is 2.31 bits per heavy atom.